The maximum absolute atomic E-state index is 14.4. The molecule has 2 atom stereocenters. The van der Waals surface area contributed by atoms with E-state index in [2.05, 4.69) is 14.9 Å². The molecule has 1 unspecified atom stereocenters. The van der Waals surface area contributed by atoms with Gasteiger partial charge < -0.3 is 13.8 Å². The van der Waals surface area contributed by atoms with Crippen molar-refractivity contribution < 1.29 is 23.0 Å². The molecule has 0 aliphatic heterocycles. The highest BCUT2D eigenvalue weighted by Gasteiger charge is 2.36. The minimum absolute atomic E-state index is 0.129. The molecule has 0 aliphatic carbocycles. The van der Waals surface area contributed by atoms with Crippen molar-refractivity contribution in [2.75, 3.05) is 0 Å². The lowest BCUT2D eigenvalue weighted by molar-refractivity contribution is -0.155. The third kappa shape index (κ3) is 6.51. The van der Waals surface area contributed by atoms with Gasteiger partial charge >= 0.3 is 5.97 Å². The lowest BCUT2D eigenvalue weighted by Gasteiger charge is -2.28. The van der Waals surface area contributed by atoms with E-state index in [4.69, 9.17) is 9.26 Å². The fourth-order valence-electron chi connectivity index (χ4n) is 3.03. The van der Waals surface area contributed by atoms with Gasteiger partial charge in [-0.1, -0.05) is 12.1 Å². The first kappa shape index (κ1) is 25.3. The molecule has 9 heteroatoms. The molecule has 0 radical (unpaired) electrons. The van der Waals surface area contributed by atoms with E-state index in [0.717, 1.165) is 0 Å². The summed E-state index contributed by atoms with van der Waals surface area (Å²) >= 11 is -1.51. The van der Waals surface area contributed by atoms with E-state index in [-0.39, 0.29) is 6.42 Å². The lowest BCUT2D eigenvalue weighted by Crippen LogP contribution is -2.42. The third-order valence-corrected chi connectivity index (χ3v) is 6.04. The summed E-state index contributed by atoms with van der Waals surface area (Å²) < 4.78 is 40.7. The van der Waals surface area contributed by atoms with Gasteiger partial charge in [0.25, 0.3) is 0 Å². The largest absolute Gasteiger partial charge is 0.598 e. The predicted octanol–water partition coefficient (Wildman–Crippen LogP) is 4.57. The first-order chi connectivity index (χ1) is 14.2. The van der Waals surface area contributed by atoms with Gasteiger partial charge in [-0.25, -0.2) is 4.98 Å². The average molecular weight is 454 g/mol. The number of aromatic nitrogens is 2. The molecule has 2 heterocycles. The Balaban J connectivity index is 2.55. The van der Waals surface area contributed by atoms with Gasteiger partial charge in [-0.2, -0.15) is 4.39 Å². The lowest BCUT2D eigenvalue weighted by atomic mass is 9.95. The van der Waals surface area contributed by atoms with Crippen molar-refractivity contribution in [2.24, 2.45) is 0 Å². The molecule has 0 aliphatic rings. The number of esters is 1. The second kappa shape index (κ2) is 9.67. The molecule has 7 nitrogen and oxygen atoms in total. The van der Waals surface area contributed by atoms with Crippen molar-refractivity contribution in [2.45, 2.75) is 84.6 Å². The highest BCUT2D eigenvalue weighted by molar-refractivity contribution is 7.90. The van der Waals surface area contributed by atoms with Crippen LogP contribution in [0.15, 0.2) is 16.8 Å². The van der Waals surface area contributed by atoms with E-state index < -0.39 is 39.7 Å². The van der Waals surface area contributed by atoms with Crippen molar-refractivity contribution in [3.8, 4) is 11.1 Å². The number of pyridine rings is 1. The number of rotatable bonds is 7. The van der Waals surface area contributed by atoms with Gasteiger partial charge in [0.1, 0.15) is 16.4 Å². The van der Waals surface area contributed by atoms with Crippen LogP contribution in [0, 0.1) is 12.9 Å². The minimum atomic E-state index is -1.51. The summed E-state index contributed by atoms with van der Waals surface area (Å²) in [6.07, 6.45) is 1.66. The first-order valence-electron chi connectivity index (χ1n) is 10.2. The highest BCUT2D eigenvalue weighted by atomic mass is 32.2. The zero-order chi connectivity index (χ0) is 23.6. The Bertz CT molecular complexity index is 918. The molecule has 2 rings (SSSR count). The second-order valence-corrected chi connectivity index (χ2v) is 11.3. The Morgan fingerprint density at radius 2 is 1.97 bits per heavy atom. The molecule has 0 saturated carbocycles. The molecular formula is C22H32FN3O4S. The number of carbonyl (C=O) groups is 1. The van der Waals surface area contributed by atoms with Crippen molar-refractivity contribution in [1.29, 1.82) is 0 Å². The van der Waals surface area contributed by atoms with Crippen molar-refractivity contribution in [3.63, 3.8) is 0 Å². The molecule has 0 fully saturated rings. The van der Waals surface area contributed by atoms with Crippen LogP contribution in [-0.4, -0.2) is 31.0 Å². The standard InChI is InChI=1S/C22H32FN3O4S/c1-9-14-15(10-11-24-20(14)23)18-13(2)25-30-19(18)16(26-31(28)22(6,7)8)12-17(27)29-21(3,4)5/h10-11,16,26H,9,12H2,1-8H3/t16-,31?/m0/s1. The van der Waals surface area contributed by atoms with E-state index >= 15 is 0 Å². The van der Waals surface area contributed by atoms with Crippen LogP contribution < -0.4 is 4.72 Å². The number of hydrogen-bond acceptors (Lipinski definition) is 7. The number of halogens is 1. The Kier molecular flexibility index (Phi) is 7.89. The van der Waals surface area contributed by atoms with Crippen LogP contribution in [0.1, 0.15) is 77.9 Å². The zero-order valence-electron chi connectivity index (χ0n) is 19.5. The SMILES string of the molecule is CCc1c(-c2c(C)noc2[C@H](CC(=O)OC(C)(C)C)N[S+]([O-])C(C)(C)C)ccnc1F. The van der Waals surface area contributed by atoms with E-state index in [1.807, 2.05) is 27.7 Å². The maximum atomic E-state index is 14.4. The fourth-order valence-corrected chi connectivity index (χ4v) is 3.84. The molecule has 31 heavy (non-hydrogen) atoms. The number of hydrogen-bond donors (Lipinski definition) is 1. The van der Waals surface area contributed by atoms with Gasteiger partial charge in [0, 0.05) is 28.7 Å². The Morgan fingerprint density at radius 1 is 1.32 bits per heavy atom. The number of carbonyl (C=O) groups excluding carboxylic acids is 1. The maximum Gasteiger partial charge on any atom is 0.308 e. The van der Waals surface area contributed by atoms with E-state index in [9.17, 15) is 13.7 Å². The van der Waals surface area contributed by atoms with Crippen molar-refractivity contribution in [3.05, 3.63) is 35.2 Å². The van der Waals surface area contributed by atoms with Gasteiger partial charge in [0.05, 0.1) is 12.1 Å². The number of ether oxygens (including phenoxy) is 1. The number of aryl methyl sites for hydroxylation is 1. The van der Waals surface area contributed by atoms with Crippen LogP contribution in [0.3, 0.4) is 0 Å². The molecule has 0 aromatic carbocycles. The summed E-state index contributed by atoms with van der Waals surface area (Å²) in [6.45, 7) is 14.4. The summed E-state index contributed by atoms with van der Waals surface area (Å²) in [5.74, 6) is -0.740. The Labute approximate surface area is 186 Å². The van der Waals surface area contributed by atoms with Crippen LogP contribution in [0.5, 0.6) is 0 Å². The van der Waals surface area contributed by atoms with Crippen molar-refractivity contribution in [1.82, 2.24) is 14.9 Å². The molecular weight excluding hydrogens is 421 g/mol. The summed E-state index contributed by atoms with van der Waals surface area (Å²) in [5.41, 5.74) is 1.43. The summed E-state index contributed by atoms with van der Waals surface area (Å²) in [6, 6.07) is 0.906. The Hall–Kier alpha value is -1.97. The van der Waals surface area contributed by atoms with Crippen molar-refractivity contribution >= 4 is 17.3 Å². The monoisotopic (exact) mass is 453 g/mol. The molecule has 2 aromatic heterocycles. The van der Waals surface area contributed by atoms with Gasteiger partial charge in [0.2, 0.25) is 5.95 Å². The summed E-state index contributed by atoms with van der Waals surface area (Å²) in [5, 5.41) is 4.06. The molecule has 0 amide bonds. The summed E-state index contributed by atoms with van der Waals surface area (Å²) in [4.78, 5) is 16.4. The highest BCUT2D eigenvalue weighted by Crippen LogP contribution is 2.36. The van der Waals surface area contributed by atoms with E-state index in [0.29, 0.717) is 34.6 Å². The second-order valence-electron chi connectivity index (χ2n) is 9.33. The number of nitrogens with one attached hydrogen (secondary N) is 1. The normalized spacial score (nSPS) is 14.4. The van der Waals surface area contributed by atoms with Crippen LogP contribution in [0.25, 0.3) is 11.1 Å². The summed E-state index contributed by atoms with van der Waals surface area (Å²) in [7, 11) is 0. The van der Waals surface area contributed by atoms with E-state index in [1.165, 1.54) is 6.20 Å². The third-order valence-electron chi connectivity index (χ3n) is 4.43. The van der Waals surface area contributed by atoms with Gasteiger partial charge in [-0.3, -0.25) is 4.79 Å². The molecule has 0 saturated heterocycles. The van der Waals surface area contributed by atoms with Gasteiger partial charge in [-0.15, -0.1) is 4.72 Å². The smallest absolute Gasteiger partial charge is 0.308 e. The average Bonchev–Trinajstić information content (AvgIpc) is 2.99. The van der Waals surface area contributed by atoms with Gasteiger partial charge in [-0.05, 0) is 66.5 Å². The Morgan fingerprint density at radius 3 is 2.52 bits per heavy atom. The fraction of sp³-hybridized carbons (Fsp3) is 0.591. The molecule has 172 valence electrons. The van der Waals surface area contributed by atoms with Crippen LogP contribution >= 0.6 is 0 Å². The molecule has 1 N–H and O–H groups in total. The molecule has 0 bridgehead atoms. The van der Waals surface area contributed by atoms with Crippen LogP contribution in [-0.2, 0) is 27.3 Å². The minimum Gasteiger partial charge on any atom is -0.598 e. The van der Waals surface area contributed by atoms with Crippen LogP contribution in [0.2, 0.25) is 0 Å². The predicted molar refractivity (Wildman–Crippen MR) is 118 cm³/mol. The van der Waals surface area contributed by atoms with Gasteiger partial charge in [0.15, 0.2) is 5.76 Å². The number of nitrogens with zero attached hydrogens (tertiary/aromatic N) is 2. The quantitative estimate of drug-likeness (QED) is 0.372. The van der Waals surface area contributed by atoms with E-state index in [1.54, 1.807) is 33.8 Å². The van der Waals surface area contributed by atoms with Crippen LogP contribution in [0.4, 0.5) is 4.39 Å². The molecule has 2 aromatic rings. The zero-order valence-corrected chi connectivity index (χ0v) is 20.3. The molecule has 0 spiro atoms. The topological polar surface area (TPSA) is 100 Å². The first-order valence-corrected chi connectivity index (χ1v) is 11.4.